The number of quaternary nitrogens is 1. The van der Waals surface area contributed by atoms with Gasteiger partial charge in [0, 0.05) is 24.1 Å². The van der Waals surface area contributed by atoms with Crippen LogP contribution in [0.25, 0.3) is 5.57 Å². The van der Waals surface area contributed by atoms with Gasteiger partial charge in [-0.1, -0.05) is 74.6 Å². The molecule has 2 fully saturated rings. The first-order chi connectivity index (χ1) is 15.6. The molecule has 1 aliphatic carbocycles. The molecule has 2 nitrogen and oxygen atoms in total. The molecular formula is C30H43N2+. The summed E-state index contributed by atoms with van der Waals surface area (Å²) in [6.45, 7) is 1.34. The predicted octanol–water partition coefficient (Wildman–Crippen LogP) is 7.51. The van der Waals surface area contributed by atoms with Gasteiger partial charge in [0.1, 0.15) is 0 Å². The number of hydrogen-bond donors (Lipinski definition) is 0. The maximum absolute atomic E-state index is 4.75. The minimum Gasteiger partial charge on any atom is -0.326 e. The van der Waals surface area contributed by atoms with Gasteiger partial charge in [0.15, 0.2) is 0 Å². The van der Waals surface area contributed by atoms with Crippen LogP contribution in [0.15, 0.2) is 60.8 Å². The molecule has 2 heterocycles. The molecule has 2 aromatic rings. The first-order valence-corrected chi connectivity index (χ1v) is 13.1. The topological polar surface area (TPSA) is 12.9 Å². The van der Waals surface area contributed by atoms with E-state index in [9.17, 15) is 0 Å². The summed E-state index contributed by atoms with van der Waals surface area (Å²) in [6, 6.07) is 18.0. The third-order valence-corrected chi connectivity index (χ3v) is 8.12. The summed E-state index contributed by atoms with van der Waals surface area (Å²) in [5, 5.41) is 0. The fraction of sp³-hybridized carbons (Fsp3) is 0.567. The normalized spacial score (nSPS) is 25.9. The third kappa shape index (κ3) is 6.10. The van der Waals surface area contributed by atoms with Crippen molar-refractivity contribution >= 4 is 5.57 Å². The van der Waals surface area contributed by atoms with Crippen LogP contribution >= 0.6 is 0 Å². The van der Waals surface area contributed by atoms with Crippen LogP contribution in [-0.2, 0) is 0 Å². The number of nitrogens with zero attached hydrogens (tertiary/aromatic N) is 2. The van der Waals surface area contributed by atoms with E-state index in [2.05, 4.69) is 62.6 Å². The van der Waals surface area contributed by atoms with E-state index in [0.29, 0.717) is 5.92 Å². The highest BCUT2D eigenvalue weighted by Crippen LogP contribution is 2.37. The Bertz CT molecular complexity index is 790. The molecule has 1 saturated heterocycles. The minimum atomic E-state index is 0.625. The summed E-state index contributed by atoms with van der Waals surface area (Å²) in [6.07, 6.45) is 19.9. The molecule has 2 aliphatic rings. The van der Waals surface area contributed by atoms with Crippen molar-refractivity contribution in [2.75, 3.05) is 20.6 Å². The van der Waals surface area contributed by atoms with Gasteiger partial charge in [-0.25, -0.2) is 0 Å². The summed E-state index contributed by atoms with van der Waals surface area (Å²) in [4.78, 5) is 4.75. The zero-order valence-electron chi connectivity index (χ0n) is 20.4. The van der Waals surface area contributed by atoms with Gasteiger partial charge < -0.3 is 4.48 Å². The molecule has 0 amide bonds. The lowest BCUT2D eigenvalue weighted by atomic mass is 9.77. The fourth-order valence-electron chi connectivity index (χ4n) is 6.30. The molecule has 2 unspecified atom stereocenters. The van der Waals surface area contributed by atoms with Crippen molar-refractivity contribution < 1.29 is 4.48 Å². The minimum absolute atomic E-state index is 0.625. The third-order valence-electron chi connectivity index (χ3n) is 8.12. The van der Waals surface area contributed by atoms with Gasteiger partial charge in [-0.15, -0.1) is 0 Å². The lowest BCUT2D eigenvalue weighted by molar-refractivity contribution is -0.920. The van der Waals surface area contributed by atoms with Crippen molar-refractivity contribution in [3.05, 3.63) is 72.1 Å². The van der Waals surface area contributed by atoms with Crippen LogP contribution in [0.4, 0.5) is 0 Å². The highest BCUT2D eigenvalue weighted by atomic mass is 15.3. The monoisotopic (exact) mass is 431 g/mol. The molecule has 32 heavy (non-hydrogen) atoms. The molecule has 0 N–H and O–H groups in total. The van der Waals surface area contributed by atoms with E-state index >= 15 is 0 Å². The molecule has 4 rings (SSSR count). The van der Waals surface area contributed by atoms with Crippen molar-refractivity contribution in [2.24, 2.45) is 11.8 Å². The van der Waals surface area contributed by atoms with E-state index in [4.69, 9.17) is 4.98 Å². The number of likely N-dealkylation sites (tertiary alicyclic amines) is 1. The van der Waals surface area contributed by atoms with Gasteiger partial charge in [-0.3, -0.25) is 4.98 Å². The van der Waals surface area contributed by atoms with Gasteiger partial charge in [0.25, 0.3) is 0 Å². The van der Waals surface area contributed by atoms with Crippen molar-refractivity contribution in [2.45, 2.75) is 76.7 Å². The van der Waals surface area contributed by atoms with E-state index < -0.39 is 0 Å². The van der Waals surface area contributed by atoms with Gasteiger partial charge in [0.2, 0.25) is 0 Å². The van der Waals surface area contributed by atoms with Crippen LogP contribution in [-0.4, -0.2) is 36.1 Å². The first-order valence-electron chi connectivity index (χ1n) is 13.1. The van der Waals surface area contributed by atoms with E-state index in [1.54, 1.807) is 0 Å². The lowest BCUT2D eigenvalue weighted by Gasteiger charge is -2.45. The number of aromatic nitrogens is 1. The maximum Gasteiger partial charge on any atom is 0.0920 e. The molecule has 172 valence electrons. The second-order valence-corrected chi connectivity index (χ2v) is 10.8. The summed E-state index contributed by atoms with van der Waals surface area (Å²) in [5.41, 5.74) is 3.72. The molecule has 0 radical (unpaired) electrons. The van der Waals surface area contributed by atoms with Crippen LogP contribution in [0.1, 0.15) is 81.9 Å². The Morgan fingerprint density at radius 3 is 2.22 bits per heavy atom. The van der Waals surface area contributed by atoms with Crippen molar-refractivity contribution in [1.29, 1.82) is 0 Å². The van der Waals surface area contributed by atoms with E-state index in [1.165, 1.54) is 92.8 Å². The largest absolute Gasteiger partial charge is 0.326 e. The average molecular weight is 432 g/mol. The predicted molar refractivity (Wildman–Crippen MR) is 136 cm³/mol. The Morgan fingerprint density at radius 2 is 1.50 bits per heavy atom. The maximum atomic E-state index is 4.75. The summed E-state index contributed by atoms with van der Waals surface area (Å²) in [5.74, 6) is 1.51. The number of benzene rings is 1. The molecule has 1 saturated carbocycles. The summed E-state index contributed by atoms with van der Waals surface area (Å²) >= 11 is 0. The molecule has 0 bridgehead atoms. The number of pyridine rings is 1. The van der Waals surface area contributed by atoms with Crippen LogP contribution in [0.3, 0.4) is 0 Å². The van der Waals surface area contributed by atoms with Gasteiger partial charge in [-0.2, -0.15) is 0 Å². The molecule has 1 aromatic carbocycles. The zero-order valence-corrected chi connectivity index (χ0v) is 20.4. The lowest BCUT2D eigenvalue weighted by Crippen LogP contribution is -2.54. The SMILES string of the molecule is C[N+]1(C)CCCCC(C=C(c2ccccc2)c2ccccn2)CC1C1CCCCCCC1. The molecule has 2 atom stereocenters. The quantitative estimate of drug-likeness (QED) is 0.456. The molecular weight excluding hydrogens is 388 g/mol. The number of rotatable bonds is 4. The molecule has 1 aliphatic heterocycles. The van der Waals surface area contributed by atoms with Gasteiger partial charge in [-0.05, 0) is 55.7 Å². The van der Waals surface area contributed by atoms with Crippen LogP contribution in [0, 0.1) is 11.8 Å². The average Bonchev–Trinajstić information content (AvgIpc) is 2.78. The molecule has 0 spiro atoms. The fourth-order valence-corrected chi connectivity index (χ4v) is 6.30. The molecule has 2 heteroatoms. The second kappa shape index (κ2) is 11.3. The second-order valence-electron chi connectivity index (χ2n) is 10.8. The molecule has 1 aromatic heterocycles. The first kappa shape index (κ1) is 23.2. The van der Waals surface area contributed by atoms with Crippen molar-refractivity contribution in [1.82, 2.24) is 4.98 Å². The highest BCUT2D eigenvalue weighted by Gasteiger charge is 2.37. The van der Waals surface area contributed by atoms with Gasteiger partial charge in [0.05, 0.1) is 32.4 Å². The standard InChI is InChI=1S/C30H43N2/c1-32(2)22-14-12-15-25(24-30(32)27-18-7-4-3-5-8-19-27)23-28(26-16-9-6-10-17-26)29-20-11-13-21-31-29/h6,9-11,13,16-17,20-21,23,25,27,30H,3-5,7-8,12,14-15,18-19,22,24H2,1-2H3/q+1. The van der Waals surface area contributed by atoms with E-state index in [-0.39, 0.29) is 0 Å². The van der Waals surface area contributed by atoms with Crippen molar-refractivity contribution in [3.8, 4) is 0 Å². The van der Waals surface area contributed by atoms with Crippen LogP contribution < -0.4 is 0 Å². The highest BCUT2D eigenvalue weighted by molar-refractivity contribution is 5.77. The summed E-state index contributed by atoms with van der Waals surface area (Å²) in [7, 11) is 5.04. The van der Waals surface area contributed by atoms with E-state index in [0.717, 1.165) is 17.7 Å². The number of hydrogen-bond acceptors (Lipinski definition) is 1. The number of allylic oxidation sites excluding steroid dienone is 1. The summed E-state index contributed by atoms with van der Waals surface area (Å²) < 4.78 is 1.21. The Morgan fingerprint density at radius 1 is 0.812 bits per heavy atom. The van der Waals surface area contributed by atoms with Crippen molar-refractivity contribution in [3.63, 3.8) is 0 Å². The Kier molecular flexibility index (Phi) is 8.19. The van der Waals surface area contributed by atoms with E-state index in [1.807, 2.05) is 12.3 Å². The van der Waals surface area contributed by atoms with Crippen LogP contribution in [0.5, 0.6) is 0 Å². The smallest absolute Gasteiger partial charge is 0.0920 e. The Balaban J connectivity index is 1.65. The zero-order chi connectivity index (χ0) is 22.2. The van der Waals surface area contributed by atoms with Crippen LogP contribution in [0.2, 0.25) is 0 Å². The Labute approximate surface area is 196 Å². The Hall–Kier alpha value is -1.93. The van der Waals surface area contributed by atoms with Gasteiger partial charge >= 0.3 is 0 Å².